The van der Waals surface area contributed by atoms with Crippen molar-refractivity contribution in [2.24, 2.45) is 0 Å². The van der Waals surface area contributed by atoms with Gasteiger partial charge in [-0.2, -0.15) is 0 Å². The molecular formula is C14H21ClN2. The molecule has 0 aliphatic heterocycles. The summed E-state index contributed by atoms with van der Waals surface area (Å²) in [6, 6.07) is 2.56. The minimum Gasteiger partial charge on any atom is -0.397 e. The van der Waals surface area contributed by atoms with Gasteiger partial charge in [0.05, 0.1) is 10.7 Å². The summed E-state index contributed by atoms with van der Waals surface area (Å²) in [4.78, 5) is 0. The summed E-state index contributed by atoms with van der Waals surface area (Å²) in [5.74, 6) is 0. The Labute approximate surface area is 109 Å². The van der Waals surface area contributed by atoms with Crippen molar-refractivity contribution in [1.29, 1.82) is 0 Å². The third kappa shape index (κ3) is 2.68. The van der Waals surface area contributed by atoms with E-state index in [-0.39, 0.29) is 0 Å². The molecule has 0 atom stereocenters. The molecule has 2 rings (SSSR count). The predicted molar refractivity (Wildman–Crippen MR) is 75.8 cm³/mol. The Morgan fingerprint density at radius 2 is 1.82 bits per heavy atom. The smallest absolute Gasteiger partial charge is 0.0658 e. The fraction of sp³-hybridized carbons (Fsp3) is 0.571. The molecule has 1 fully saturated rings. The lowest BCUT2D eigenvalue weighted by molar-refractivity contribution is 0.462. The highest BCUT2D eigenvalue weighted by Gasteiger charge is 2.15. The van der Waals surface area contributed by atoms with Gasteiger partial charge in [-0.1, -0.05) is 30.9 Å². The molecule has 0 bridgehead atoms. The molecule has 1 aliphatic carbocycles. The van der Waals surface area contributed by atoms with Crippen LogP contribution in [0.1, 0.15) is 43.2 Å². The van der Waals surface area contributed by atoms with Crippen LogP contribution in [-0.2, 0) is 0 Å². The molecule has 3 N–H and O–H groups in total. The minimum absolute atomic E-state index is 0.599. The van der Waals surface area contributed by atoms with E-state index in [0.717, 1.165) is 11.3 Å². The lowest BCUT2D eigenvalue weighted by Gasteiger charge is -2.25. The molecule has 0 spiro atoms. The van der Waals surface area contributed by atoms with E-state index in [9.17, 15) is 0 Å². The van der Waals surface area contributed by atoms with E-state index in [1.807, 2.05) is 13.0 Å². The van der Waals surface area contributed by atoms with Gasteiger partial charge in [-0.3, -0.25) is 0 Å². The normalized spacial score (nSPS) is 17.1. The van der Waals surface area contributed by atoms with Crippen LogP contribution in [0.5, 0.6) is 0 Å². The van der Waals surface area contributed by atoms with Gasteiger partial charge in [-0.25, -0.2) is 0 Å². The van der Waals surface area contributed by atoms with E-state index in [1.165, 1.54) is 37.7 Å². The highest BCUT2D eigenvalue weighted by atomic mass is 35.5. The monoisotopic (exact) mass is 252 g/mol. The van der Waals surface area contributed by atoms with Crippen LogP contribution in [0, 0.1) is 13.8 Å². The molecule has 1 saturated carbocycles. The summed E-state index contributed by atoms with van der Waals surface area (Å²) in [6.07, 6.45) is 6.57. The second-order valence-corrected chi connectivity index (χ2v) is 5.46. The molecule has 17 heavy (non-hydrogen) atoms. The van der Waals surface area contributed by atoms with E-state index in [0.29, 0.717) is 16.8 Å². The summed E-state index contributed by atoms with van der Waals surface area (Å²) in [5, 5.41) is 4.28. The van der Waals surface area contributed by atoms with Crippen molar-refractivity contribution in [2.75, 3.05) is 11.1 Å². The molecule has 2 nitrogen and oxygen atoms in total. The molecule has 0 radical (unpaired) electrons. The van der Waals surface area contributed by atoms with Gasteiger partial charge in [0.25, 0.3) is 0 Å². The van der Waals surface area contributed by atoms with Crippen molar-refractivity contribution >= 4 is 23.0 Å². The Hall–Kier alpha value is -0.890. The largest absolute Gasteiger partial charge is 0.397 e. The molecule has 94 valence electrons. The van der Waals surface area contributed by atoms with Gasteiger partial charge >= 0.3 is 0 Å². The maximum Gasteiger partial charge on any atom is 0.0658 e. The summed E-state index contributed by atoms with van der Waals surface area (Å²) in [5.41, 5.74) is 10.1. The van der Waals surface area contributed by atoms with Crippen LogP contribution in [0.3, 0.4) is 0 Å². The molecule has 1 aliphatic rings. The Bertz CT molecular complexity index is 409. The number of anilines is 2. The van der Waals surface area contributed by atoms with Gasteiger partial charge in [0.15, 0.2) is 0 Å². The molecule has 0 heterocycles. The van der Waals surface area contributed by atoms with Crippen LogP contribution in [0.4, 0.5) is 11.4 Å². The number of rotatable bonds is 2. The number of hydrogen-bond acceptors (Lipinski definition) is 2. The summed E-state index contributed by atoms with van der Waals surface area (Å²) >= 11 is 6.14. The van der Waals surface area contributed by atoms with Crippen molar-refractivity contribution in [1.82, 2.24) is 0 Å². The standard InChI is InChI=1S/C14H21ClN2/c1-9-10(2)14(16)12(15)8-13(9)17-11-6-4-3-5-7-11/h8,11,17H,3-7,16H2,1-2H3. The highest BCUT2D eigenvalue weighted by molar-refractivity contribution is 6.33. The van der Waals surface area contributed by atoms with Crippen molar-refractivity contribution in [3.63, 3.8) is 0 Å². The average Bonchev–Trinajstić information content (AvgIpc) is 2.35. The van der Waals surface area contributed by atoms with Crippen LogP contribution in [0.2, 0.25) is 5.02 Å². The molecular weight excluding hydrogens is 232 g/mol. The van der Waals surface area contributed by atoms with E-state index in [1.54, 1.807) is 0 Å². The third-order valence-electron chi connectivity index (χ3n) is 3.86. The van der Waals surface area contributed by atoms with Crippen molar-refractivity contribution < 1.29 is 0 Å². The van der Waals surface area contributed by atoms with Gasteiger partial charge in [0.2, 0.25) is 0 Å². The Morgan fingerprint density at radius 1 is 1.18 bits per heavy atom. The fourth-order valence-electron chi connectivity index (χ4n) is 2.51. The lowest BCUT2D eigenvalue weighted by atomic mass is 9.94. The van der Waals surface area contributed by atoms with Crippen LogP contribution in [-0.4, -0.2) is 6.04 Å². The number of halogens is 1. The Balaban J connectivity index is 2.20. The first-order chi connectivity index (χ1) is 8.09. The van der Waals surface area contributed by atoms with Gasteiger partial charge in [-0.05, 0) is 43.9 Å². The van der Waals surface area contributed by atoms with Gasteiger partial charge in [0, 0.05) is 11.7 Å². The van der Waals surface area contributed by atoms with Crippen molar-refractivity contribution in [2.45, 2.75) is 52.0 Å². The zero-order chi connectivity index (χ0) is 12.4. The number of nitrogen functional groups attached to an aromatic ring is 1. The molecule has 0 aromatic heterocycles. The second-order valence-electron chi connectivity index (χ2n) is 5.05. The second kappa shape index (κ2) is 5.18. The zero-order valence-corrected chi connectivity index (χ0v) is 11.4. The molecule has 0 amide bonds. The van der Waals surface area contributed by atoms with Crippen LogP contribution < -0.4 is 11.1 Å². The number of hydrogen-bond donors (Lipinski definition) is 2. The SMILES string of the molecule is Cc1c(NC2CCCCC2)cc(Cl)c(N)c1C. The van der Waals surface area contributed by atoms with Crippen LogP contribution in [0.15, 0.2) is 6.07 Å². The minimum atomic E-state index is 0.599. The maximum absolute atomic E-state index is 6.14. The van der Waals surface area contributed by atoms with E-state index < -0.39 is 0 Å². The Kier molecular flexibility index (Phi) is 3.82. The first-order valence-corrected chi connectivity index (χ1v) is 6.79. The van der Waals surface area contributed by atoms with Crippen LogP contribution >= 0.6 is 11.6 Å². The summed E-state index contributed by atoms with van der Waals surface area (Å²) in [6.45, 7) is 4.13. The quantitative estimate of drug-likeness (QED) is 0.771. The third-order valence-corrected chi connectivity index (χ3v) is 4.18. The molecule has 0 unspecified atom stereocenters. The van der Waals surface area contributed by atoms with Gasteiger partial charge < -0.3 is 11.1 Å². The zero-order valence-electron chi connectivity index (χ0n) is 10.6. The topological polar surface area (TPSA) is 38.0 Å². The molecule has 3 heteroatoms. The average molecular weight is 253 g/mol. The van der Waals surface area contributed by atoms with E-state index in [2.05, 4.69) is 12.2 Å². The summed E-state index contributed by atoms with van der Waals surface area (Å²) in [7, 11) is 0. The number of nitrogens with one attached hydrogen (secondary N) is 1. The van der Waals surface area contributed by atoms with E-state index >= 15 is 0 Å². The van der Waals surface area contributed by atoms with Gasteiger partial charge in [0.1, 0.15) is 0 Å². The predicted octanol–water partition coefficient (Wildman–Crippen LogP) is 4.28. The van der Waals surface area contributed by atoms with Crippen molar-refractivity contribution in [3.05, 3.63) is 22.2 Å². The first kappa shape index (κ1) is 12.6. The highest BCUT2D eigenvalue weighted by Crippen LogP contribution is 2.33. The lowest BCUT2D eigenvalue weighted by Crippen LogP contribution is -2.22. The van der Waals surface area contributed by atoms with Crippen LogP contribution in [0.25, 0.3) is 0 Å². The Morgan fingerprint density at radius 3 is 2.47 bits per heavy atom. The molecule has 0 saturated heterocycles. The number of nitrogens with two attached hydrogens (primary N) is 1. The molecule has 1 aromatic carbocycles. The van der Waals surface area contributed by atoms with Gasteiger partial charge in [-0.15, -0.1) is 0 Å². The number of benzene rings is 1. The first-order valence-electron chi connectivity index (χ1n) is 6.41. The summed E-state index contributed by atoms with van der Waals surface area (Å²) < 4.78 is 0. The fourth-order valence-corrected chi connectivity index (χ4v) is 2.76. The van der Waals surface area contributed by atoms with E-state index in [4.69, 9.17) is 17.3 Å². The van der Waals surface area contributed by atoms with Crippen molar-refractivity contribution in [3.8, 4) is 0 Å². The maximum atomic E-state index is 6.14. The molecule has 1 aromatic rings.